The van der Waals surface area contributed by atoms with Crippen LogP contribution in [0, 0.1) is 15.9 Å². The highest BCUT2D eigenvalue weighted by atomic mass is 19.1. The number of hydrogen-bond acceptors (Lipinski definition) is 4. The zero-order valence-corrected chi connectivity index (χ0v) is 11.0. The van der Waals surface area contributed by atoms with Gasteiger partial charge in [0.1, 0.15) is 11.5 Å². The molecule has 0 atom stereocenters. The molecule has 21 heavy (non-hydrogen) atoms. The van der Waals surface area contributed by atoms with E-state index < -0.39 is 16.7 Å². The summed E-state index contributed by atoms with van der Waals surface area (Å²) in [6, 6.07) is 8.91. The Labute approximate surface area is 119 Å². The fraction of sp³-hybridized carbons (Fsp3) is 0.0714. The number of anilines is 2. The Hall–Kier alpha value is -2.96. The monoisotopic (exact) mass is 290 g/mol. The molecule has 0 heterocycles. The fourth-order valence-corrected chi connectivity index (χ4v) is 1.89. The molecular weight excluding hydrogens is 279 g/mol. The van der Waals surface area contributed by atoms with Gasteiger partial charge in [0.2, 0.25) is 0 Å². The first kappa shape index (κ1) is 14.4. The Kier molecular flexibility index (Phi) is 3.84. The van der Waals surface area contributed by atoms with Gasteiger partial charge in [-0.3, -0.25) is 10.1 Å². The van der Waals surface area contributed by atoms with Crippen LogP contribution in [0.15, 0.2) is 42.5 Å². The van der Waals surface area contributed by atoms with Crippen molar-refractivity contribution in [3.05, 3.63) is 64.0 Å². The molecule has 108 valence electrons. The lowest BCUT2D eigenvalue weighted by Gasteiger charge is -2.19. The highest BCUT2D eigenvalue weighted by molar-refractivity contribution is 5.88. The van der Waals surface area contributed by atoms with Gasteiger partial charge in [-0.25, -0.2) is 9.18 Å². The molecule has 0 aliphatic rings. The number of carboxylic acids is 1. The number of nitro groups is 1. The number of benzene rings is 2. The summed E-state index contributed by atoms with van der Waals surface area (Å²) in [7, 11) is 1.54. The average molecular weight is 290 g/mol. The van der Waals surface area contributed by atoms with E-state index in [1.165, 1.54) is 36.2 Å². The van der Waals surface area contributed by atoms with Crippen molar-refractivity contribution in [2.45, 2.75) is 0 Å². The van der Waals surface area contributed by atoms with Crippen LogP contribution in [0.1, 0.15) is 10.4 Å². The molecule has 2 rings (SSSR count). The van der Waals surface area contributed by atoms with E-state index in [2.05, 4.69) is 0 Å². The molecule has 0 amide bonds. The predicted octanol–water partition coefficient (Wildman–Crippen LogP) is 3.20. The predicted molar refractivity (Wildman–Crippen MR) is 74.5 cm³/mol. The Morgan fingerprint density at radius 2 is 1.86 bits per heavy atom. The summed E-state index contributed by atoms with van der Waals surface area (Å²) in [5.41, 5.74) is 0.457. The molecule has 7 heteroatoms. The van der Waals surface area contributed by atoms with Crippen LogP contribution in [0.3, 0.4) is 0 Å². The molecule has 2 aromatic carbocycles. The smallest absolute Gasteiger partial charge is 0.335 e. The van der Waals surface area contributed by atoms with Gasteiger partial charge in [-0.15, -0.1) is 0 Å². The van der Waals surface area contributed by atoms with Crippen LogP contribution in [0.25, 0.3) is 0 Å². The lowest BCUT2D eigenvalue weighted by Crippen LogP contribution is -2.12. The normalized spacial score (nSPS) is 10.2. The Morgan fingerprint density at radius 3 is 2.38 bits per heavy atom. The topological polar surface area (TPSA) is 83.7 Å². The van der Waals surface area contributed by atoms with E-state index in [1.54, 1.807) is 0 Å². The second-order valence-corrected chi connectivity index (χ2v) is 4.30. The van der Waals surface area contributed by atoms with Crippen molar-refractivity contribution in [3.8, 4) is 0 Å². The first-order chi connectivity index (χ1) is 9.90. The SMILES string of the molecule is CN(c1ccc(C(=O)O)cc1)c1cc(F)ccc1[N+](=O)[O-]. The van der Waals surface area contributed by atoms with Gasteiger partial charge < -0.3 is 10.0 Å². The quantitative estimate of drug-likeness (QED) is 0.690. The second kappa shape index (κ2) is 5.58. The average Bonchev–Trinajstić information content (AvgIpc) is 2.46. The molecule has 0 spiro atoms. The minimum Gasteiger partial charge on any atom is -0.478 e. The standard InChI is InChI=1S/C14H11FN2O4/c1-16(11-5-2-9(3-6-11)14(18)19)13-8-10(15)4-7-12(13)17(20)21/h2-8H,1H3,(H,18,19). The first-order valence-electron chi connectivity index (χ1n) is 5.91. The summed E-state index contributed by atoms with van der Waals surface area (Å²) < 4.78 is 13.3. The molecule has 0 radical (unpaired) electrons. The number of aromatic carboxylic acids is 1. The largest absolute Gasteiger partial charge is 0.478 e. The molecule has 0 aliphatic heterocycles. The number of nitro benzene ring substituents is 1. The fourth-order valence-electron chi connectivity index (χ4n) is 1.89. The Bertz CT molecular complexity index is 701. The molecule has 0 aliphatic carbocycles. The van der Waals surface area contributed by atoms with E-state index in [0.29, 0.717) is 5.69 Å². The molecule has 0 saturated carbocycles. The van der Waals surface area contributed by atoms with E-state index >= 15 is 0 Å². The van der Waals surface area contributed by atoms with Crippen LogP contribution >= 0.6 is 0 Å². The number of nitrogens with zero attached hydrogens (tertiary/aromatic N) is 2. The molecule has 2 aromatic rings. The maximum absolute atomic E-state index is 13.3. The summed E-state index contributed by atoms with van der Waals surface area (Å²) in [6.45, 7) is 0. The van der Waals surface area contributed by atoms with E-state index in [4.69, 9.17) is 5.11 Å². The third-order valence-electron chi connectivity index (χ3n) is 3.00. The lowest BCUT2D eigenvalue weighted by molar-refractivity contribution is -0.384. The highest BCUT2D eigenvalue weighted by Crippen LogP contribution is 2.32. The van der Waals surface area contributed by atoms with E-state index in [-0.39, 0.29) is 16.9 Å². The van der Waals surface area contributed by atoms with Crippen LogP contribution in [-0.4, -0.2) is 23.0 Å². The van der Waals surface area contributed by atoms with Crippen LogP contribution in [0.2, 0.25) is 0 Å². The van der Waals surface area contributed by atoms with Crippen molar-refractivity contribution >= 4 is 23.0 Å². The molecule has 6 nitrogen and oxygen atoms in total. The third kappa shape index (κ3) is 2.97. The number of carboxylic acid groups (broad SMARTS) is 1. The molecule has 0 bridgehead atoms. The van der Waals surface area contributed by atoms with E-state index in [0.717, 1.165) is 18.2 Å². The zero-order chi connectivity index (χ0) is 15.6. The van der Waals surface area contributed by atoms with Crippen molar-refractivity contribution in [2.24, 2.45) is 0 Å². The summed E-state index contributed by atoms with van der Waals surface area (Å²) in [5.74, 6) is -1.66. The lowest BCUT2D eigenvalue weighted by atomic mass is 10.1. The number of halogens is 1. The maximum atomic E-state index is 13.3. The van der Waals surface area contributed by atoms with Gasteiger partial charge >= 0.3 is 5.97 Å². The van der Waals surface area contributed by atoms with Crippen molar-refractivity contribution in [3.63, 3.8) is 0 Å². The number of carbonyl (C=O) groups is 1. The van der Waals surface area contributed by atoms with Gasteiger partial charge in [-0.1, -0.05) is 0 Å². The van der Waals surface area contributed by atoms with Gasteiger partial charge in [-0.05, 0) is 30.3 Å². The highest BCUT2D eigenvalue weighted by Gasteiger charge is 2.19. The second-order valence-electron chi connectivity index (χ2n) is 4.30. The Morgan fingerprint density at radius 1 is 1.24 bits per heavy atom. The molecule has 0 saturated heterocycles. The van der Waals surface area contributed by atoms with Gasteiger partial charge in [0.05, 0.1) is 10.5 Å². The summed E-state index contributed by atoms with van der Waals surface area (Å²) in [6.07, 6.45) is 0. The molecule has 1 N–H and O–H groups in total. The zero-order valence-electron chi connectivity index (χ0n) is 11.0. The number of hydrogen-bond donors (Lipinski definition) is 1. The van der Waals surface area contributed by atoms with Crippen LogP contribution < -0.4 is 4.90 Å². The van der Waals surface area contributed by atoms with Crippen molar-refractivity contribution in [2.75, 3.05) is 11.9 Å². The third-order valence-corrected chi connectivity index (χ3v) is 3.00. The van der Waals surface area contributed by atoms with Gasteiger partial charge in [0.15, 0.2) is 0 Å². The van der Waals surface area contributed by atoms with Crippen molar-refractivity contribution in [1.82, 2.24) is 0 Å². The van der Waals surface area contributed by atoms with Gasteiger partial charge in [0.25, 0.3) is 5.69 Å². The number of rotatable bonds is 4. The summed E-state index contributed by atoms with van der Waals surface area (Å²) in [4.78, 5) is 22.6. The minimum atomic E-state index is -1.07. The van der Waals surface area contributed by atoms with Crippen LogP contribution in [0.4, 0.5) is 21.5 Å². The van der Waals surface area contributed by atoms with Crippen molar-refractivity contribution in [1.29, 1.82) is 0 Å². The van der Waals surface area contributed by atoms with Crippen LogP contribution in [-0.2, 0) is 0 Å². The van der Waals surface area contributed by atoms with Gasteiger partial charge in [0, 0.05) is 24.9 Å². The summed E-state index contributed by atoms with van der Waals surface area (Å²) >= 11 is 0. The van der Waals surface area contributed by atoms with Crippen LogP contribution in [0.5, 0.6) is 0 Å². The molecule has 0 unspecified atom stereocenters. The Balaban J connectivity index is 2.44. The van der Waals surface area contributed by atoms with E-state index in [9.17, 15) is 19.3 Å². The van der Waals surface area contributed by atoms with Crippen molar-refractivity contribution < 1.29 is 19.2 Å². The molecule has 0 fully saturated rings. The van der Waals surface area contributed by atoms with E-state index in [1.807, 2.05) is 0 Å². The minimum absolute atomic E-state index is 0.0862. The maximum Gasteiger partial charge on any atom is 0.335 e. The van der Waals surface area contributed by atoms with Gasteiger partial charge in [-0.2, -0.15) is 0 Å². The summed E-state index contributed by atoms with van der Waals surface area (Å²) in [5, 5.41) is 19.8. The first-order valence-corrected chi connectivity index (χ1v) is 5.91. The molecule has 0 aromatic heterocycles. The molecular formula is C14H11FN2O4.